The molecule has 8 nitrogen and oxygen atoms in total. The van der Waals surface area contributed by atoms with Crippen molar-refractivity contribution in [2.45, 2.75) is 26.4 Å². The van der Waals surface area contributed by atoms with E-state index in [-0.39, 0.29) is 30.9 Å². The fourth-order valence-corrected chi connectivity index (χ4v) is 4.53. The number of hydrogen-bond donors (Lipinski definition) is 1. The second-order valence-corrected chi connectivity index (χ2v) is 9.47. The summed E-state index contributed by atoms with van der Waals surface area (Å²) >= 11 is 0. The van der Waals surface area contributed by atoms with Crippen LogP contribution in [0.4, 0.5) is 13.2 Å². The van der Waals surface area contributed by atoms with Crippen molar-refractivity contribution in [2.75, 3.05) is 13.7 Å². The predicted molar refractivity (Wildman–Crippen MR) is 148 cm³/mol. The molecule has 0 radical (unpaired) electrons. The highest BCUT2D eigenvalue weighted by Gasteiger charge is 2.31. The lowest BCUT2D eigenvalue weighted by molar-refractivity contribution is -0.274. The maximum absolute atomic E-state index is 13.8. The van der Waals surface area contributed by atoms with Crippen LogP contribution >= 0.6 is 0 Å². The van der Waals surface area contributed by atoms with Gasteiger partial charge in [0.05, 0.1) is 24.9 Å². The Morgan fingerprint density at radius 2 is 1.55 bits per heavy atom. The van der Waals surface area contributed by atoms with Crippen LogP contribution in [0.25, 0.3) is 0 Å². The molecular formula is C31H28F3N3O5. The summed E-state index contributed by atoms with van der Waals surface area (Å²) in [4.78, 5) is 40.9. The third-order valence-electron chi connectivity index (χ3n) is 6.57. The highest BCUT2D eigenvalue weighted by atomic mass is 19.4. The molecule has 42 heavy (non-hydrogen) atoms. The van der Waals surface area contributed by atoms with E-state index in [1.54, 1.807) is 37.3 Å². The first-order valence-electron chi connectivity index (χ1n) is 12.8. The van der Waals surface area contributed by atoms with Crippen molar-refractivity contribution in [2.24, 2.45) is 5.73 Å². The largest absolute Gasteiger partial charge is 0.573 e. The summed E-state index contributed by atoms with van der Waals surface area (Å²) in [6.45, 7) is 1.30. The topological polar surface area (TPSA) is 104 Å². The van der Waals surface area contributed by atoms with E-state index < -0.39 is 29.7 Å². The molecule has 1 heterocycles. The zero-order chi connectivity index (χ0) is 30.4. The van der Waals surface area contributed by atoms with E-state index >= 15 is 0 Å². The van der Waals surface area contributed by atoms with Gasteiger partial charge in [0, 0.05) is 24.3 Å². The van der Waals surface area contributed by atoms with Crippen LogP contribution in [0.3, 0.4) is 0 Å². The Bertz CT molecular complexity index is 1580. The van der Waals surface area contributed by atoms with Gasteiger partial charge in [-0.25, -0.2) is 0 Å². The highest BCUT2D eigenvalue weighted by Crippen LogP contribution is 2.25. The average molecular weight is 580 g/mol. The summed E-state index contributed by atoms with van der Waals surface area (Å²) in [5.41, 5.74) is 7.57. The minimum absolute atomic E-state index is 0.0552. The Balaban J connectivity index is 1.67. The maximum Gasteiger partial charge on any atom is 0.573 e. The third-order valence-corrected chi connectivity index (χ3v) is 6.57. The van der Waals surface area contributed by atoms with Crippen LogP contribution < -0.4 is 15.2 Å². The van der Waals surface area contributed by atoms with Crippen LogP contribution in [0.15, 0.2) is 84.9 Å². The monoisotopic (exact) mass is 579 g/mol. The van der Waals surface area contributed by atoms with Gasteiger partial charge in [-0.2, -0.15) is 0 Å². The number of Topliss-reactive ketones (excluding diaryl/α,β-unsaturated/α-hetero) is 1. The van der Waals surface area contributed by atoms with Gasteiger partial charge in [0.15, 0.2) is 5.78 Å². The first-order chi connectivity index (χ1) is 19.9. The maximum atomic E-state index is 13.8. The summed E-state index contributed by atoms with van der Waals surface area (Å²) in [5, 5.41) is 0. The average Bonchev–Trinajstić information content (AvgIpc) is 3.28. The number of aromatic nitrogens is 1. The van der Waals surface area contributed by atoms with E-state index in [2.05, 4.69) is 4.74 Å². The lowest BCUT2D eigenvalue weighted by atomic mass is 10.1. The Hall–Kier alpha value is -5.06. The molecule has 0 aliphatic rings. The van der Waals surface area contributed by atoms with Gasteiger partial charge in [0.1, 0.15) is 11.5 Å². The molecule has 0 spiro atoms. The normalized spacial score (nSPS) is 11.2. The third kappa shape index (κ3) is 7.36. The molecule has 0 aliphatic carbocycles. The summed E-state index contributed by atoms with van der Waals surface area (Å²) in [7, 11) is 1.51. The number of alkyl halides is 3. The second kappa shape index (κ2) is 12.6. The molecule has 4 aromatic rings. The highest BCUT2D eigenvalue weighted by molar-refractivity contribution is 6.04. The van der Waals surface area contributed by atoms with Gasteiger partial charge in [-0.15, -0.1) is 13.2 Å². The number of rotatable bonds is 11. The first kappa shape index (κ1) is 29.9. The molecule has 0 fully saturated rings. The Morgan fingerprint density at radius 1 is 0.881 bits per heavy atom. The molecule has 0 bridgehead atoms. The van der Waals surface area contributed by atoms with Crippen molar-refractivity contribution in [3.05, 3.63) is 119 Å². The van der Waals surface area contributed by atoms with Crippen molar-refractivity contribution < 1.29 is 37.0 Å². The van der Waals surface area contributed by atoms with Gasteiger partial charge in [0.2, 0.25) is 0 Å². The minimum Gasteiger partial charge on any atom is -0.497 e. The summed E-state index contributed by atoms with van der Waals surface area (Å²) in [5.74, 6) is -1.53. The van der Waals surface area contributed by atoms with E-state index in [1.165, 1.54) is 34.8 Å². The molecule has 11 heteroatoms. The van der Waals surface area contributed by atoms with Crippen LogP contribution in [0, 0.1) is 6.92 Å². The zero-order valence-electron chi connectivity index (χ0n) is 22.9. The molecule has 0 aliphatic heterocycles. The Morgan fingerprint density at radius 3 is 2.17 bits per heavy atom. The number of benzene rings is 3. The lowest BCUT2D eigenvalue weighted by Crippen LogP contribution is -2.36. The molecule has 1 aromatic heterocycles. The predicted octanol–water partition coefficient (Wildman–Crippen LogP) is 5.38. The number of nitrogens with two attached hydrogens (primary N) is 1. The van der Waals surface area contributed by atoms with Crippen molar-refractivity contribution in [1.29, 1.82) is 0 Å². The number of ketones is 1. The second-order valence-electron chi connectivity index (χ2n) is 9.47. The van der Waals surface area contributed by atoms with Gasteiger partial charge in [-0.3, -0.25) is 14.4 Å². The van der Waals surface area contributed by atoms with Gasteiger partial charge in [-0.05, 0) is 60.5 Å². The molecule has 0 atom stereocenters. The molecule has 4 rings (SSSR count). The summed E-state index contributed by atoms with van der Waals surface area (Å²) < 4.78 is 49.0. The molecule has 3 aromatic carbocycles. The molecule has 218 valence electrons. The van der Waals surface area contributed by atoms with Gasteiger partial charge < -0.3 is 24.7 Å². The quantitative estimate of drug-likeness (QED) is 0.241. The van der Waals surface area contributed by atoms with Crippen molar-refractivity contribution >= 4 is 17.6 Å². The molecule has 0 unspecified atom stereocenters. The number of amides is 2. The fraction of sp³-hybridized carbons (Fsp3) is 0.194. The number of halogens is 3. The summed E-state index contributed by atoms with van der Waals surface area (Å²) in [6, 6.07) is 22.2. The number of methoxy groups -OCH3 is 1. The number of hydrogen-bond acceptors (Lipinski definition) is 5. The lowest BCUT2D eigenvalue weighted by Gasteiger charge is -2.23. The van der Waals surface area contributed by atoms with Crippen LogP contribution in [-0.4, -0.2) is 47.1 Å². The van der Waals surface area contributed by atoms with Crippen LogP contribution in [0.2, 0.25) is 0 Å². The smallest absolute Gasteiger partial charge is 0.497 e. The van der Waals surface area contributed by atoms with E-state index in [4.69, 9.17) is 10.5 Å². The van der Waals surface area contributed by atoms with Gasteiger partial charge >= 0.3 is 6.36 Å². The van der Waals surface area contributed by atoms with E-state index in [1.807, 2.05) is 30.3 Å². The number of primary amides is 1. The number of nitrogens with zero attached hydrogens (tertiary/aromatic N) is 2. The van der Waals surface area contributed by atoms with Crippen LogP contribution in [0.5, 0.6) is 11.5 Å². The molecule has 0 saturated heterocycles. The van der Waals surface area contributed by atoms with E-state index in [0.717, 1.165) is 11.6 Å². The van der Waals surface area contributed by atoms with Gasteiger partial charge in [0.25, 0.3) is 11.8 Å². The number of carbonyl (C=O) groups is 3. The Kier molecular flexibility index (Phi) is 8.99. The molecule has 2 amide bonds. The van der Waals surface area contributed by atoms with Crippen LogP contribution in [-0.2, 0) is 13.1 Å². The number of carbonyl (C=O) groups excluding carboxylic acids is 3. The fourth-order valence-electron chi connectivity index (χ4n) is 4.53. The van der Waals surface area contributed by atoms with Crippen molar-refractivity contribution in [1.82, 2.24) is 9.47 Å². The van der Waals surface area contributed by atoms with E-state index in [0.29, 0.717) is 22.6 Å². The van der Waals surface area contributed by atoms with E-state index in [9.17, 15) is 27.6 Å². The standard InChI is InChI=1S/C31H28F3N3O5/c1-20-26(29(35)39)16-27(37(20)18-22-9-6-10-25(15-22)42-31(32,33)34)28(38)19-36(17-21-7-4-3-5-8-21)30(40)23-11-13-24(41-2)14-12-23/h3-16H,17-19H2,1-2H3,(H2,35,39). The van der Waals surface area contributed by atoms with Crippen molar-refractivity contribution in [3.63, 3.8) is 0 Å². The van der Waals surface area contributed by atoms with Crippen LogP contribution in [0.1, 0.15) is 48.0 Å². The number of ether oxygens (including phenoxy) is 2. The minimum atomic E-state index is -4.87. The summed E-state index contributed by atoms with van der Waals surface area (Å²) in [6.07, 6.45) is -4.87. The first-order valence-corrected chi connectivity index (χ1v) is 12.8. The van der Waals surface area contributed by atoms with Gasteiger partial charge in [-0.1, -0.05) is 42.5 Å². The SMILES string of the molecule is COc1ccc(C(=O)N(CC(=O)c2cc(C(N)=O)c(C)n2Cc2cccc(OC(F)(F)F)c2)Cc2ccccc2)cc1. The molecular weight excluding hydrogens is 551 g/mol. The molecule has 0 saturated carbocycles. The van der Waals surface area contributed by atoms with Crippen molar-refractivity contribution in [3.8, 4) is 11.5 Å². The Labute approximate surface area is 240 Å². The molecule has 2 N–H and O–H groups in total. The zero-order valence-corrected chi connectivity index (χ0v) is 22.9.